The molecule has 1 aliphatic rings. The second-order valence-corrected chi connectivity index (χ2v) is 8.26. The van der Waals surface area contributed by atoms with Crippen molar-refractivity contribution in [3.63, 3.8) is 0 Å². The van der Waals surface area contributed by atoms with Crippen molar-refractivity contribution >= 4 is 34.4 Å². The summed E-state index contributed by atoms with van der Waals surface area (Å²) in [6.45, 7) is 2.89. The number of aliphatic hydroxyl groups is 1. The van der Waals surface area contributed by atoms with Crippen molar-refractivity contribution in [2.45, 2.75) is 34.9 Å². The van der Waals surface area contributed by atoms with Gasteiger partial charge in [-0.25, -0.2) is 0 Å². The second kappa shape index (κ2) is 5.97. The van der Waals surface area contributed by atoms with Crippen LogP contribution in [0.15, 0.2) is 32.5 Å². The Labute approximate surface area is 125 Å². The zero-order chi connectivity index (χ0) is 13.2. The molecule has 19 heavy (non-hydrogen) atoms. The molecule has 0 spiro atoms. The zero-order valence-corrected chi connectivity index (χ0v) is 13.2. The van der Waals surface area contributed by atoms with Gasteiger partial charge in [-0.1, -0.05) is 6.92 Å². The van der Waals surface area contributed by atoms with Crippen molar-refractivity contribution in [2.24, 2.45) is 0 Å². The fraction of sp³-hybridized carbons (Fsp3) is 0.429. The van der Waals surface area contributed by atoms with E-state index in [1.54, 1.807) is 11.3 Å². The van der Waals surface area contributed by atoms with Crippen molar-refractivity contribution in [3.8, 4) is 0 Å². The van der Waals surface area contributed by atoms with Crippen LogP contribution in [-0.2, 0) is 0 Å². The standard InChI is InChI=1S/C14H17NOS3/c1-9-6-12(11-3-5-18-14(11)19-9)15-7-13(16)10-2-4-17-8-10/h2-5,8-9,12-13,15-16H,6-7H2,1H3/t9-,12?,13?/m0/s1. The highest BCUT2D eigenvalue weighted by molar-refractivity contribution is 8.01. The molecule has 3 heterocycles. The molecular formula is C14H17NOS3. The molecule has 2 nitrogen and oxygen atoms in total. The van der Waals surface area contributed by atoms with Gasteiger partial charge in [0.25, 0.3) is 0 Å². The van der Waals surface area contributed by atoms with Crippen LogP contribution in [0, 0.1) is 0 Å². The van der Waals surface area contributed by atoms with Crippen molar-refractivity contribution in [2.75, 3.05) is 6.54 Å². The first-order valence-electron chi connectivity index (χ1n) is 6.41. The average Bonchev–Trinajstić information content (AvgIpc) is 3.05. The lowest BCUT2D eigenvalue weighted by Crippen LogP contribution is -2.29. The van der Waals surface area contributed by atoms with Gasteiger partial charge in [0.1, 0.15) is 0 Å². The summed E-state index contributed by atoms with van der Waals surface area (Å²) in [7, 11) is 0. The molecule has 2 aromatic rings. The summed E-state index contributed by atoms with van der Waals surface area (Å²) in [5.41, 5.74) is 2.42. The van der Waals surface area contributed by atoms with Crippen molar-refractivity contribution in [1.29, 1.82) is 0 Å². The predicted octanol–water partition coefficient (Wildman–Crippen LogP) is 4.06. The Kier molecular flexibility index (Phi) is 4.29. The van der Waals surface area contributed by atoms with Crippen molar-refractivity contribution in [3.05, 3.63) is 39.4 Å². The lowest BCUT2D eigenvalue weighted by atomic mass is 10.0. The molecule has 0 aliphatic carbocycles. The molecule has 0 radical (unpaired) electrons. The maximum atomic E-state index is 10.1. The highest BCUT2D eigenvalue weighted by Gasteiger charge is 2.26. The number of fused-ring (bicyclic) bond motifs is 1. The smallest absolute Gasteiger partial charge is 0.0922 e. The molecular weight excluding hydrogens is 294 g/mol. The highest BCUT2D eigenvalue weighted by atomic mass is 32.2. The van der Waals surface area contributed by atoms with Gasteiger partial charge in [-0.05, 0) is 45.8 Å². The first-order valence-corrected chi connectivity index (χ1v) is 9.12. The summed E-state index contributed by atoms with van der Waals surface area (Å²) >= 11 is 5.43. The highest BCUT2D eigenvalue weighted by Crippen LogP contribution is 2.43. The number of thioether (sulfide) groups is 1. The third-order valence-corrected chi connectivity index (χ3v) is 6.44. The molecule has 0 bridgehead atoms. The summed E-state index contributed by atoms with van der Waals surface area (Å²) < 4.78 is 1.43. The summed E-state index contributed by atoms with van der Waals surface area (Å²) in [5.74, 6) is 0. The van der Waals surface area contributed by atoms with E-state index in [1.807, 2.05) is 39.9 Å². The van der Waals surface area contributed by atoms with Gasteiger partial charge in [0.15, 0.2) is 0 Å². The maximum absolute atomic E-state index is 10.1. The Morgan fingerprint density at radius 2 is 2.32 bits per heavy atom. The largest absolute Gasteiger partial charge is 0.387 e. The molecule has 2 N–H and O–H groups in total. The minimum atomic E-state index is -0.404. The topological polar surface area (TPSA) is 32.3 Å². The van der Waals surface area contributed by atoms with Crippen LogP contribution in [0.4, 0.5) is 0 Å². The van der Waals surface area contributed by atoms with E-state index >= 15 is 0 Å². The van der Waals surface area contributed by atoms with E-state index in [0.29, 0.717) is 17.8 Å². The number of hydrogen-bond acceptors (Lipinski definition) is 5. The average molecular weight is 311 g/mol. The van der Waals surface area contributed by atoms with E-state index in [1.165, 1.54) is 9.77 Å². The molecule has 102 valence electrons. The number of aliphatic hydroxyl groups excluding tert-OH is 1. The van der Waals surface area contributed by atoms with Crippen LogP contribution in [0.3, 0.4) is 0 Å². The molecule has 2 unspecified atom stereocenters. The van der Waals surface area contributed by atoms with Crippen LogP contribution in [0.5, 0.6) is 0 Å². The molecule has 0 fully saturated rings. The molecule has 0 aromatic carbocycles. The number of rotatable bonds is 4. The third kappa shape index (κ3) is 3.06. The first-order chi connectivity index (χ1) is 9.24. The van der Waals surface area contributed by atoms with Gasteiger partial charge in [0, 0.05) is 17.8 Å². The van der Waals surface area contributed by atoms with E-state index in [9.17, 15) is 5.11 Å². The molecule has 5 heteroatoms. The lowest BCUT2D eigenvalue weighted by molar-refractivity contribution is 0.169. The van der Waals surface area contributed by atoms with Gasteiger partial charge in [-0.15, -0.1) is 23.1 Å². The van der Waals surface area contributed by atoms with Gasteiger partial charge in [0.2, 0.25) is 0 Å². The molecule has 0 saturated heterocycles. The predicted molar refractivity (Wildman–Crippen MR) is 84.3 cm³/mol. The van der Waals surface area contributed by atoms with Crippen LogP contribution >= 0.6 is 34.4 Å². The molecule has 0 saturated carbocycles. The van der Waals surface area contributed by atoms with E-state index in [0.717, 1.165) is 12.0 Å². The van der Waals surface area contributed by atoms with Gasteiger partial charge in [-0.3, -0.25) is 0 Å². The van der Waals surface area contributed by atoms with Crippen molar-refractivity contribution < 1.29 is 5.11 Å². The van der Waals surface area contributed by atoms with Gasteiger partial charge < -0.3 is 10.4 Å². The van der Waals surface area contributed by atoms with Gasteiger partial charge >= 0.3 is 0 Å². The van der Waals surface area contributed by atoms with Crippen molar-refractivity contribution in [1.82, 2.24) is 5.32 Å². The van der Waals surface area contributed by atoms with Crippen LogP contribution in [0.25, 0.3) is 0 Å². The SMILES string of the molecule is C[C@H]1CC(NCC(O)c2ccsc2)c2ccsc2S1. The molecule has 1 aliphatic heterocycles. The molecule has 0 amide bonds. The summed E-state index contributed by atoms with van der Waals surface area (Å²) in [6.07, 6.45) is 0.725. The van der Waals surface area contributed by atoms with Crippen LogP contribution in [0.2, 0.25) is 0 Å². The molecule has 2 aromatic heterocycles. The Bertz CT molecular complexity index is 523. The fourth-order valence-corrected chi connectivity index (χ4v) is 5.65. The summed E-state index contributed by atoms with van der Waals surface area (Å²) in [6, 6.07) is 4.59. The Balaban J connectivity index is 1.65. The fourth-order valence-electron chi connectivity index (χ4n) is 2.38. The van der Waals surface area contributed by atoms with Crippen LogP contribution in [0.1, 0.15) is 36.6 Å². The summed E-state index contributed by atoms with van der Waals surface area (Å²) in [5, 5.41) is 20.5. The first kappa shape index (κ1) is 13.6. The van der Waals surface area contributed by atoms with E-state index in [-0.39, 0.29) is 0 Å². The number of hydrogen-bond donors (Lipinski definition) is 2. The summed E-state index contributed by atoms with van der Waals surface area (Å²) in [4.78, 5) is 0. The number of nitrogens with one attached hydrogen (secondary N) is 1. The maximum Gasteiger partial charge on any atom is 0.0922 e. The molecule has 3 atom stereocenters. The monoisotopic (exact) mass is 311 g/mol. The van der Waals surface area contributed by atoms with E-state index < -0.39 is 6.10 Å². The van der Waals surface area contributed by atoms with E-state index in [2.05, 4.69) is 23.7 Å². The van der Waals surface area contributed by atoms with Gasteiger partial charge in [-0.2, -0.15) is 11.3 Å². The van der Waals surface area contributed by atoms with Crippen LogP contribution in [-0.4, -0.2) is 16.9 Å². The molecule has 3 rings (SSSR count). The van der Waals surface area contributed by atoms with E-state index in [4.69, 9.17) is 0 Å². The Morgan fingerprint density at radius 1 is 1.42 bits per heavy atom. The lowest BCUT2D eigenvalue weighted by Gasteiger charge is -2.28. The minimum Gasteiger partial charge on any atom is -0.387 e. The zero-order valence-electron chi connectivity index (χ0n) is 10.7. The second-order valence-electron chi connectivity index (χ2n) is 4.86. The number of thiophene rings is 2. The minimum absolute atomic E-state index is 0.380. The quantitative estimate of drug-likeness (QED) is 0.893. The van der Waals surface area contributed by atoms with Gasteiger partial charge in [0.05, 0.1) is 10.3 Å². The Morgan fingerprint density at radius 3 is 3.11 bits per heavy atom. The van der Waals surface area contributed by atoms with Crippen LogP contribution < -0.4 is 5.32 Å². The normalized spacial score (nSPS) is 24.1. The third-order valence-electron chi connectivity index (χ3n) is 3.40. The Hall–Kier alpha value is -0.330.